The van der Waals surface area contributed by atoms with E-state index in [9.17, 15) is 13.2 Å². The molecule has 0 fully saturated rings. The highest BCUT2D eigenvalue weighted by Crippen LogP contribution is 2.20. The highest BCUT2D eigenvalue weighted by atomic mass is 32.2. The van der Waals surface area contributed by atoms with Crippen molar-refractivity contribution in [3.05, 3.63) is 24.3 Å². The van der Waals surface area contributed by atoms with Gasteiger partial charge in [-0.1, -0.05) is 0 Å². The van der Waals surface area contributed by atoms with Gasteiger partial charge >= 0.3 is 5.97 Å². The summed E-state index contributed by atoms with van der Waals surface area (Å²) in [6.07, 6.45) is -0.00889. The van der Waals surface area contributed by atoms with Gasteiger partial charge in [-0.15, -0.1) is 0 Å². The molecule has 0 heterocycles. The first-order chi connectivity index (χ1) is 8.25. The van der Waals surface area contributed by atoms with Crippen molar-refractivity contribution in [1.82, 2.24) is 0 Å². The van der Waals surface area contributed by atoms with Crippen molar-refractivity contribution < 1.29 is 23.1 Å². The van der Waals surface area contributed by atoms with Crippen LogP contribution in [0.15, 0.2) is 29.2 Å². The zero-order chi connectivity index (χ0) is 13.9. The van der Waals surface area contributed by atoms with E-state index in [0.717, 1.165) is 6.92 Å². The van der Waals surface area contributed by atoms with Crippen molar-refractivity contribution in [2.24, 2.45) is 0 Å². The lowest BCUT2D eigenvalue weighted by Gasteiger charge is -2.11. The fourth-order valence-electron chi connectivity index (χ4n) is 1.32. The second-order valence-electron chi connectivity index (χ2n) is 4.16. The van der Waals surface area contributed by atoms with Crippen LogP contribution in [0.3, 0.4) is 0 Å². The molecule has 0 bridgehead atoms. The molecule has 1 unspecified atom stereocenters. The van der Waals surface area contributed by atoms with Crippen molar-refractivity contribution in [1.29, 1.82) is 0 Å². The Balaban J connectivity index is 3.01. The number of carboxylic acids is 1. The van der Waals surface area contributed by atoms with E-state index in [1.807, 2.05) is 13.8 Å². The Kier molecular flexibility index (Phi) is 4.34. The first kappa shape index (κ1) is 14.5. The maximum absolute atomic E-state index is 11.9. The Bertz CT molecular complexity index is 516. The molecule has 1 rings (SSSR count). The maximum atomic E-state index is 11.9. The molecule has 0 saturated heterocycles. The lowest BCUT2D eigenvalue weighted by Crippen LogP contribution is -2.26. The summed E-state index contributed by atoms with van der Waals surface area (Å²) in [5.41, 5.74) is 0. The molecule has 0 radical (unpaired) electrons. The van der Waals surface area contributed by atoms with E-state index in [2.05, 4.69) is 0 Å². The molecule has 1 atom stereocenters. The van der Waals surface area contributed by atoms with Gasteiger partial charge in [-0.3, -0.25) is 4.79 Å². The summed E-state index contributed by atoms with van der Waals surface area (Å²) in [7, 11) is -3.84. The first-order valence-electron chi connectivity index (χ1n) is 5.48. The van der Waals surface area contributed by atoms with E-state index in [1.54, 1.807) is 0 Å². The van der Waals surface area contributed by atoms with Crippen LogP contribution in [-0.4, -0.2) is 30.8 Å². The summed E-state index contributed by atoms with van der Waals surface area (Å²) in [5, 5.41) is 7.29. The zero-order valence-electron chi connectivity index (χ0n) is 10.5. The van der Waals surface area contributed by atoms with Gasteiger partial charge in [0.2, 0.25) is 0 Å². The molecule has 18 heavy (non-hydrogen) atoms. The molecule has 1 aromatic rings. The number of carbonyl (C=O) groups is 1. The number of rotatable bonds is 5. The summed E-state index contributed by atoms with van der Waals surface area (Å²) in [6, 6.07) is 5.74. The van der Waals surface area contributed by atoms with Crippen LogP contribution in [0.4, 0.5) is 0 Å². The van der Waals surface area contributed by atoms with Gasteiger partial charge < -0.3 is 9.84 Å². The second-order valence-corrected chi connectivity index (χ2v) is 6.43. The number of carboxylic acid groups (broad SMARTS) is 1. The first-order valence-corrected chi connectivity index (χ1v) is 7.03. The third-order valence-electron chi connectivity index (χ3n) is 2.34. The van der Waals surface area contributed by atoms with Crippen LogP contribution in [0, 0.1) is 0 Å². The van der Waals surface area contributed by atoms with Crippen molar-refractivity contribution in [3.63, 3.8) is 0 Å². The fourth-order valence-corrected chi connectivity index (χ4v) is 2.51. The van der Waals surface area contributed by atoms with Crippen LogP contribution in [0.2, 0.25) is 0 Å². The standard InChI is InChI=1S/C12H16O5S/c1-8(2)17-10-4-6-11(7-5-10)18(15,16)9(3)12(13)14/h4-9H,1-3H3,(H,13,14). The van der Waals surface area contributed by atoms with E-state index in [1.165, 1.54) is 24.3 Å². The average molecular weight is 272 g/mol. The molecule has 0 aliphatic carbocycles. The zero-order valence-corrected chi connectivity index (χ0v) is 11.3. The number of hydrogen-bond donors (Lipinski definition) is 1. The molecule has 0 saturated carbocycles. The molecule has 5 nitrogen and oxygen atoms in total. The summed E-state index contributed by atoms with van der Waals surface area (Å²) in [6.45, 7) is 4.87. The van der Waals surface area contributed by atoms with Gasteiger partial charge in [-0.05, 0) is 45.0 Å². The molecule has 0 aromatic heterocycles. The topological polar surface area (TPSA) is 80.7 Å². The van der Waals surface area contributed by atoms with Crippen molar-refractivity contribution in [2.75, 3.05) is 0 Å². The smallest absolute Gasteiger partial charge is 0.321 e. The van der Waals surface area contributed by atoms with Gasteiger partial charge in [0.1, 0.15) is 5.75 Å². The number of sulfone groups is 1. The molecule has 100 valence electrons. The minimum atomic E-state index is -3.84. The Morgan fingerprint density at radius 1 is 1.17 bits per heavy atom. The molecular weight excluding hydrogens is 256 g/mol. The predicted molar refractivity (Wildman–Crippen MR) is 66.5 cm³/mol. The monoisotopic (exact) mass is 272 g/mol. The van der Waals surface area contributed by atoms with E-state index >= 15 is 0 Å². The summed E-state index contributed by atoms with van der Waals surface area (Å²) in [5.74, 6) is -0.815. The van der Waals surface area contributed by atoms with Crippen LogP contribution in [-0.2, 0) is 14.6 Å². The van der Waals surface area contributed by atoms with Gasteiger partial charge in [0, 0.05) is 0 Å². The number of benzene rings is 1. The number of hydrogen-bond acceptors (Lipinski definition) is 4. The molecule has 0 spiro atoms. The molecule has 1 aromatic carbocycles. The minimum absolute atomic E-state index is 0.00889. The maximum Gasteiger partial charge on any atom is 0.321 e. The molecular formula is C12H16O5S. The summed E-state index contributed by atoms with van der Waals surface area (Å²) in [4.78, 5) is 10.7. The highest BCUT2D eigenvalue weighted by Gasteiger charge is 2.29. The third-order valence-corrected chi connectivity index (χ3v) is 4.40. The summed E-state index contributed by atoms with van der Waals surface area (Å²) >= 11 is 0. The molecule has 1 N–H and O–H groups in total. The lowest BCUT2D eigenvalue weighted by atomic mass is 10.3. The van der Waals surface area contributed by atoms with Crippen LogP contribution in [0.5, 0.6) is 5.75 Å². The van der Waals surface area contributed by atoms with Crippen molar-refractivity contribution in [3.8, 4) is 5.75 Å². The molecule has 0 amide bonds. The van der Waals surface area contributed by atoms with E-state index in [4.69, 9.17) is 9.84 Å². The largest absolute Gasteiger partial charge is 0.491 e. The van der Waals surface area contributed by atoms with Crippen LogP contribution < -0.4 is 4.74 Å². The fraction of sp³-hybridized carbons (Fsp3) is 0.417. The third kappa shape index (κ3) is 3.22. The van der Waals surface area contributed by atoms with Crippen LogP contribution in [0.1, 0.15) is 20.8 Å². The van der Waals surface area contributed by atoms with Gasteiger partial charge in [0.05, 0.1) is 11.0 Å². The highest BCUT2D eigenvalue weighted by molar-refractivity contribution is 7.92. The van der Waals surface area contributed by atoms with E-state index in [-0.39, 0.29) is 11.0 Å². The van der Waals surface area contributed by atoms with Gasteiger partial charge in [0.25, 0.3) is 0 Å². The quantitative estimate of drug-likeness (QED) is 0.882. The Hall–Kier alpha value is -1.56. The normalized spacial score (nSPS) is 13.3. The Morgan fingerprint density at radius 2 is 1.67 bits per heavy atom. The molecule has 0 aliphatic heterocycles. The van der Waals surface area contributed by atoms with E-state index < -0.39 is 21.1 Å². The molecule has 6 heteroatoms. The minimum Gasteiger partial charge on any atom is -0.491 e. The average Bonchev–Trinajstić information content (AvgIpc) is 2.27. The van der Waals surface area contributed by atoms with Gasteiger partial charge in [0.15, 0.2) is 15.1 Å². The Morgan fingerprint density at radius 3 is 2.06 bits per heavy atom. The molecule has 0 aliphatic rings. The Labute approximate surface area is 106 Å². The summed E-state index contributed by atoms with van der Waals surface area (Å²) < 4.78 is 29.1. The second kappa shape index (κ2) is 5.39. The van der Waals surface area contributed by atoms with Crippen molar-refractivity contribution in [2.45, 2.75) is 37.0 Å². The van der Waals surface area contributed by atoms with Gasteiger partial charge in [-0.25, -0.2) is 8.42 Å². The number of ether oxygens (including phenoxy) is 1. The number of aliphatic carboxylic acids is 1. The SMILES string of the molecule is CC(C)Oc1ccc(S(=O)(=O)C(C)C(=O)O)cc1. The predicted octanol–water partition coefficient (Wildman–Crippen LogP) is 1.72. The lowest BCUT2D eigenvalue weighted by molar-refractivity contribution is -0.136. The van der Waals surface area contributed by atoms with Crippen LogP contribution >= 0.6 is 0 Å². The van der Waals surface area contributed by atoms with E-state index in [0.29, 0.717) is 5.75 Å². The van der Waals surface area contributed by atoms with Crippen molar-refractivity contribution >= 4 is 15.8 Å². The van der Waals surface area contributed by atoms with Gasteiger partial charge in [-0.2, -0.15) is 0 Å². The van der Waals surface area contributed by atoms with Crippen LogP contribution in [0.25, 0.3) is 0 Å².